The van der Waals surface area contributed by atoms with Gasteiger partial charge in [-0.3, -0.25) is 0 Å². The van der Waals surface area contributed by atoms with Crippen molar-refractivity contribution in [3.8, 4) is 17.0 Å². The lowest BCUT2D eigenvalue weighted by molar-refractivity contribution is 0.226. The van der Waals surface area contributed by atoms with Crippen LogP contribution in [0.3, 0.4) is 0 Å². The summed E-state index contributed by atoms with van der Waals surface area (Å²) in [6.45, 7) is 8.54. The quantitative estimate of drug-likeness (QED) is 0.368. The summed E-state index contributed by atoms with van der Waals surface area (Å²) in [7, 11) is 0. The third-order valence-corrected chi connectivity index (χ3v) is 9.74. The largest absolute Gasteiger partial charge is 0.491 e. The maximum atomic E-state index is 6.53. The molecule has 0 spiro atoms. The standard InChI is InChI=1S/C31H41N7O/c1-20-11-17-39-26-9-8-21(25-18-34-29(36-25)23-6-3-13-32-23)22-10-16-38(28(22)26)15-5-12-31(20,2)27-19-35-30(37-27)24-7-4-14-33-24/h5,8-9,15,18-20,23-24,32-33H,3-4,6-7,10-14,16-17H2,1-2H3,(H,34,36)(H,35,37). The number of allylic oxidation sites excluding steroid dienone is 1. The van der Waals surface area contributed by atoms with E-state index in [1.54, 1.807) is 0 Å². The molecule has 206 valence electrons. The summed E-state index contributed by atoms with van der Waals surface area (Å²) in [5, 5.41) is 7.13. The summed E-state index contributed by atoms with van der Waals surface area (Å²) < 4.78 is 6.53. The molecule has 1 aromatic carbocycles. The Kier molecular flexibility index (Phi) is 6.47. The highest BCUT2D eigenvalue weighted by molar-refractivity contribution is 5.80. The van der Waals surface area contributed by atoms with E-state index in [0.29, 0.717) is 24.6 Å². The van der Waals surface area contributed by atoms with E-state index in [9.17, 15) is 0 Å². The molecule has 0 bridgehead atoms. The van der Waals surface area contributed by atoms with Crippen molar-refractivity contribution in [3.63, 3.8) is 0 Å². The van der Waals surface area contributed by atoms with Crippen LogP contribution in [-0.2, 0) is 11.8 Å². The van der Waals surface area contributed by atoms with Crippen LogP contribution < -0.4 is 20.3 Å². The van der Waals surface area contributed by atoms with Crippen LogP contribution in [0.2, 0.25) is 0 Å². The minimum atomic E-state index is -0.0471. The van der Waals surface area contributed by atoms with E-state index in [4.69, 9.17) is 14.7 Å². The van der Waals surface area contributed by atoms with Gasteiger partial charge in [-0.2, -0.15) is 0 Å². The lowest BCUT2D eigenvalue weighted by atomic mass is 9.72. The number of aromatic nitrogens is 4. The summed E-state index contributed by atoms with van der Waals surface area (Å²) in [6.07, 6.45) is 16.4. The first-order valence-corrected chi connectivity index (χ1v) is 14.9. The molecule has 3 aromatic rings. The average molecular weight is 528 g/mol. The number of anilines is 1. The van der Waals surface area contributed by atoms with Crippen molar-refractivity contribution in [2.45, 2.75) is 76.3 Å². The molecule has 4 N–H and O–H groups in total. The zero-order valence-corrected chi connectivity index (χ0v) is 23.2. The summed E-state index contributed by atoms with van der Waals surface area (Å²) in [4.78, 5) is 19.3. The average Bonchev–Trinajstić information content (AvgIpc) is 3.78. The SMILES string of the molecule is CC1CCOc2ccc(-c3cnc(C4CCCN4)[nH]3)c3c2N(C=CCC1(C)c1cnc(C2CCCN2)[nH]1)CC3. The molecule has 0 amide bonds. The predicted molar refractivity (Wildman–Crippen MR) is 154 cm³/mol. The molecule has 2 aromatic heterocycles. The summed E-state index contributed by atoms with van der Waals surface area (Å²) in [5.74, 6) is 3.55. The van der Waals surface area contributed by atoms with Gasteiger partial charge in [-0.1, -0.05) is 19.9 Å². The Bertz CT molecular complexity index is 1350. The van der Waals surface area contributed by atoms with Crippen LogP contribution >= 0.6 is 0 Å². The van der Waals surface area contributed by atoms with Gasteiger partial charge in [0, 0.05) is 35.6 Å². The summed E-state index contributed by atoms with van der Waals surface area (Å²) >= 11 is 0. The van der Waals surface area contributed by atoms with E-state index >= 15 is 0 Å². The van der Waals surface area contributed by atoms with Crippen molar-refractivity contribution in [1.82, 2.24) is 30.6 Å². The first-order valence-electron chi connectivity index (χ1n) is 14.9. The number of rotatable bonds is 4. The minimum absolute atomic E-state index is 0.0471. The van der Waals surface area contributed by atoms with Gasteiger partial charge in [-0.15, -0.1) is 0 Å². The van der Waals surface area contributed by atoms with Gasteiger partial charge < -0.3 is 30.2 Å². The van der Waals surface area contributed by atoms with Crippen LogP contribution in [0.5, 0.6) is 5.75 Å². The number of H-pyrrole nitrogens is 2. The third-order valence-electron chi connectivity index (χ3n) is 9.74. The van der Waals surface area contributed by atoms with E-state index in [1.165, 1.54) is 35.3 Å². The van der Waals surface area contributed by atoms with Gasteiger partial charge in [0.25, 0.3) is 0 Å². The topological polar surface area (TPSA) is 93.9 Å². The molecule has 0 radical (unpaired) electrons. The van der Waals surface area contributed by atoms with Gasteiger partial charge in [0.1, 0.15) is 17.4 Å². The highest BCUT2D eigenvalue weighted by atomic mass is 16.5. The second kappa shape index (κ2) is 10.1. The summed E-state index contributed by atoms with van der Waals surface area (Å²) in [6, 6.07) is 5.07. The molecule has 2 saturated heterocycles. The van der Waals surface area contributed by atoms with Crippen molar-refractivity contribution < 1.29 is 4.74 Å². The molecule has 0 saturated carbocycles. The first-order chi connectivity index (χ1) is 19.1. The molecular weight excluding hydrogens is 486 g/mol. The number of nitrogens with zero attached hydrogens (tertiary/aromatic N) is 3. The number of imidazole rings is 2. The van der Waals surface area contributed by atoms with Crippen LogP contribution in [-0.4, -0.2) is 46.2 Å². The second-order valence-electron chi connectivity index (χ2n) is 12.1. The fraction of sp³-hybridized carbons (Fsp3) is 0.548. The predicted octanol–water partition coefficient (Wildman–Crippen LogP) is 5.29. The zero-order valence-electron chi connectivity index (χ0n) is 23.2. The van der Waals surface area contributed by atoms with Crippen molar-refractivity contribution in [2.24, 2.45) is 5.92 Å². The lowest BCUT2D eigenvalue weighted by Gasteiger charge is -2.34. The monoisotopic (exact) mass is 527 g/mol. The van der Waals surface area contributed by atoms with E-state index in [0.717, 1.165) is 74.8 Å². The number of ether oxygens (including phenoxy) is 1. The third kappa shape index (κ3) is 4.47. The normalized spacial score (nSPS) is 28.9. The van der Waals surface area contributed by atoms with Crippen molar-refractivity contribution in [1.29, 1.82) is 0 Å². The molecule has 0 aliphatic carbocycles. The van der Waals surface area contributed by atoms with Gasteiger partial charge in [-0.05, 0) is 81.6 Å². The van der Waals surface area contributed by atoms with Crippen LogP contribution in [0.1, 0.15) is 87.4 Å². The Morgan fingerprint density at radius 3 is 2.51 bits per heavy atom. The number of aromatic amines is 2. The Hall–Kier alpha value is -3.10. The van der Waals surface area contributed by atoms with Gasteiger partial charge >= 0.3 is 0 Å². The van der Waals surface area contributed by atoms with Crippen molar-refractivity contribution >= 4 is 5.69 Å². The Morgan fingerprint density at radius 1 is 0.974 bits per heavy atom. The highest BCUT2D eigenvalue weighted by Gasteiger charge is 2.36. The number of nitrogens with one attached hydrogen (secondary N) is 4. The van der Waals surface area contributed by atoms with Gasteiger partial charge in [0.15, 0.2) is 0 Å². The van der Waals surface area contributed by atoms with Crippen LogP contribution in [0.15, 0.2) is 36.8 Å². The van der Waals surface area contributed by atoms with Crippen LogP contribution in [0.4, 0.5) is 5.69 Å². The Balaban J connectivity index is 1.17. The van der Waals surface area contributed by atoms with E-state index < -0.39 is 0 Å². The number of hydrogen-bond acceptors (Lipinski definition) is 6. The molecule has 4 aliphatic heterocycles. The van der Waals surface area contributed by atoms with E-state index in [2.05, 4.69) is 70.0 Å². The molecule has 8 nitrogen and oxygen atoms in total. The number of hydrogen-bond donors (Lipinski definition) is 4. The maximum absolute atomic E-state index is 6.53. The molecule has 4 aliphatic rings. The molecular formula is C31H41N7O. The fourth-order valence-electron chi connectivity index (χ4n) is 7.00. The Morgan fingerprint density at radius 2 is 1.74 bits per heavy atom. The molecule has 39 heavy (non-hydrogen) atoms. The molecule has 4 atom stereocenters. The van der Waals surface area contributed by atoms with Crippen molar-refractivity contribution in [2.75, 3.05) is 31.1 Å². The molecule has 8 heteroatoms. The molecule has 2 fully saturated rings. The maximum Gasteiger partial charge on any atom is 0.143 e. The second-order valence-corrected chi connectivity index (χ2v) is 12.1. The highest BCUT2D eigenvalue weighted by Crippen LogP contribution is 2.45. The van der Waals surface area contributed by atoms with Crippen LogP contribution in [0, 0.1) is 5.92 Å². The fourth-order valence-corrected chi connectivity index (χ4v) is 7.00. The Labute approximate surface area is 231 Å². The molecule has 6 heterocycles. The molecule has 4 unspecified atom stereocenters. The summed E-state index contributed by atoms with van der Waals surface area (Å²) in [5.41, 5.74) is 6.09. The molecule has 7 rings (SSSR count). The smallest absolute Gasteiger partial charge is 0.143 e. The number of benzene rings is 1. The van der Waals surface area contributed by atoms with E-state index in [-0.39, 0.29) is 5.41 Å². The minimum Gasteiger partial charge on any atom is -0.491 e. The van der Waals surface area contributed by atoms with Crippen molar-refractivity contribution in [3.05, 3.63) is 59.7 Å². The zero-order chi connectivity index (χ0) is 26.4. The van der Waals surface area contributed by atoms with Gasteiger partial charge in [0.05, 0.1) is 36.3 Å². The van der Waals surface area contributed by atoms with E-state index in [1.807, 2.05) is 6.20 Å². The first kappa shape index (κ1) is 24.9. The lowest BCUT2D eigenvalue weighted by Crippen LogP contribution is -2.31. The van der Waals surface area contributed by atoms with Gasteiger partial charge in [0.2, 0.25) is 0 Å². The van der Waals surface area contributed by atoms with Crippen LogP contribution in [0.25, 0.3) is 11.3 Å². The van der Waals surface area contributed by atoms with Gasteiger partial charge in [-0.25, -0.2) is 9.97 Å².